The van der Waals surface area contributed by atoms with E-state index in [1.165, 1.54) is 11.3 Å². The Labute approximate surface area is 133 Å². The third-order valence-corrected chi connectivity index (χ3v) is 5.43. The molecule has 3 rings (SSSR count). The first-order valence-electron chi connectivity index (χ1n) is 7.35. The van der Waals surface area contributed by atoms with E-state index in [0.717, 1.165) is 34.3 Å². The number of hydrogen-bond donors (Lipinski definition) is 0. The van der Waals surface area contributed by atoms with Crippen LogP contribution in [0, 0.1) is 5.92 Å². The predicted molar refractivity (Wildman–Crippen MR) is 84.9 cm³/mol. The molecule has 0 unspecified atom stereocenters. The number of amides is 1. The van der Waals surface area contributed by atoms with Crippen molar-refractivity contribution in [2.45, 2.75) is 45.3 Å². The molecule has 2 aliphatic rings. The average Bonchev–Trinajstić information content (AvgIpc) is 3.17. The molecule has 0 spiro atoms. The van der Waals surface area contributed by atoms with Crippen molar-refractivity contribution >= 4 is 34.6 Å². The molecule has 6 heteroatoms. The first-order valence-corrected chi connectivity index (χ1v) is 8.54. The molecule has 0 saturated carbocycles. The molecule has 21 heavy (non-hydrogen) atoms. The molecule has 1 fully saturated rings. The Morgan fingerprint density at radius 1 is 1.52 bits per heavy atom. The first kappa shape index (κ1) is 14.9. The van der Waals surface area contributed by atoms with Crippen LogP contribution in [-0.4, -0.2) is 35.2 Å². The minimum Gasteiger partial charge on any atom is -0.382 e. The molecule has 114 valence electrons. The van der Waals surface area contributed by atoms with Gasteiger partial charge in [-0.2, -0.15) is 0 Å². The van der Waals surface area contributed by atoms with Crippen molar-refractivity contribution in [1.29, 1.82) is 0 Å². The van der Waals surface area contributed by atoms with Crippen molar-refractivity contribution in [3.05, 3.63) is 21.3 Å². The van der Waals surface area contributed by atoms with Crippen LogP contribution in [0.2, 0.25) is 4.34 Å². The summed E-state index contributed by atoms with van der Waals surface area (Å²) in [6, 6.07) is 4.10. The summed E-state index contributed by atoms with van der Waals surface area (Å²) in [5.41, 5.74) is 0.825. The molecule has 2 aliphatic heterocycles. The SMILES string of the molecule is CC(C)[C@H]1CCCN1C(=O)[C@@H]1CC(c2ccc(Cl)s2)=NO1. The zero-order valence-corrected chi connectivity index (χ0v) is 13.8. The predicted octanol–water partition coefficient (Wildman–Crippen LogP) is 3.54. The highest BCUT2D eigenvalue weighted by Gasteiger charge is 2.38. The Morgan fingerprint density at radius 2 is 2.33 bits per heavy atom. The number of thiophene rings is 1. The first-order chi connectivity index (χ1) is 10.1. The van der Waals surface area contributed by atoms with Gasteiger partial charge >= 0.3 is 0 Å². The lowest BCUT2D eigenvalue weighted by Gasteiger charge is -2.29. The van der Waals surface area contributed by atoms with E-state index in [-0.39, 0.29) is 5.91 Å². The van der Waals surface area contributed by atoms with Gasteiger partial charge in [-0.1, -0.05) is 30.6 Å². The smallest absolute Gasteiger partial charge is 0.267 e. The summed E-state index contributed by atoms with van der Waals surface area (Å²) in [4.78, 5) is 21.0. The van der Waals surface area contributed by atoms with Crippen LogP contribution in [0.15, 0.2) is 17.3 Å². The Balaban J connectivity index is 1.66. The standard InChI is InChI=1S/C15H19ClN2O2S/c1-9(2)11-4-3-7-18(11)15(19)12-8-10(17-20-12)13-5-6-14(16)21-13/h5-6,9,11-12H,3-4,7-8H2,1-2H3/t11-,12+/m1/s1. The monoisotopic (exact) mass is 326 g/mol. The van der Waals surface area contributed by atoms with Gasteiger partial charge in [-0.15, -0.1) is 11.3 Å². The van der Waals surface area contributed by atoms with Crippen molar-refractivity contribution in [2.24, 2.45) is 11.1 Å². The zero-order chi connectivity index (χ0) is 15.0. The van der Waals surface area contributed by atoms with Gasteiger partial charge in [-0.05, 0) is 30.9 Å². The van der Waals surface area contributed by atoms with Gasteiger partial charge < -0.3 is 9.74 Å². The summed E-state index contributed by atoms with van der Waals surface area (Å²) in [7, 11) is 0. The molecule has 4 nitrogen and oxygen atoms in total. The van der Waals surface area contributed by atoms with Crippen LogP contribution < -0.4 is 0 Å². The molecule has 1 amide bonds. The second-order valence-corrected chi connectivity index (χ2v) is 7.64. The van der Waals surface area contributed by atoms with Gasteiger partial charge in [0.25, 0.3) is 5.91 Å². The van der Waals surface area contributed by atoms with Crippen molar-refractivity contribution < 1.29 is 9.63 Å². The van der Waals surface area contributed by atoms with Crippen molar-refractivity contribution in [3.8, 4) is 0 Å². The van der Waals surface area contributed by atoms with E-state index in [9.17, 15) is 4.79 Å². The highest BCUT2D eigenvalue weighted by atomic mass is 35.5. The number of rotatable bonds is 3. The Bertz CT molecular complexity index is 570. The second kappa shape index (κ2) is 5.97. The number of carbonyl (C=O) groups excluding carboxylic acids is 1. The molecule has 0 aliphatic carbocycles. The zero-order valence-electron chi connectivity index (χ0n) is 12.2. The fourth-order valence-corrected chi connectivity index (χ4v) is 4.10. The molecule has 1 aromatic heterocycles. The summed E-state index contributed by atoms with van der Waals surface area (Å²) >= 11 is 7.41. The average molecular weight is 327 g/mol. The number of nitrogens with zero attached hydrogens (tertiary/aromatic N) is 2. The maximum Gasteiger partial charge on any atom is 0.267 e. The molecular weight excluding hydrogens is 308 g/mol. The van der Waals surface area contributed by atoms with Crippen molar-refractivity contribution in [3.63, 3.8) is 0 Å². The molecule has 0 bridgehead atoms. The summed E-state index contributed by atoms with van der Waals surface area (Å²) in [5.74, 6) is 0.557. The quantitative estimate of drug-likeness (QED) is 0.852. The van der Waals surface area contributed by atoms with E-state index in [2.05, 4.69) is 19.0 Å². The third-order valence-electron chi connectivity index (χ3n) is 4.15. The van der Waals surface area contributed by atoms with Crippen molar-refractivity contribution in [2.75, 3.05) is 6.54 Å². The minimum absolute atomic E-state index is 0.0765. The molecule has 0 radical (unpaired) electrons. The van der Waals surface area contributed by atoms with Crippen LogP contribution in [0.3, 0.4) is 0 Å². The molecule has 1 aromatic rings. The van der Waals surface area contributed by atoms with Crippen molar-refractivity contribution in [1.82, 2.24) is 4.90 Å². The number of hydrogen-bond acceptors (Lipinski definition) is 4. The van der Waals surface area contributed by atoms with Gasteiger partial charge in [0.2, 0.25) is 6.10 Å². The molecule has 0 N–H and O–H groups in total. The summed E-state index contributed by atoms with van der Waals surface area (Å²) in [6.07, 6.45) is 2.23. The Morgan fingerprint density at radius 3 is 3.00 bits per heavy atom. The lowest BCUT2D eigenvalue weighted by Crippen LogP contribution is -2.44. The maximum atomic E-state index is 12.6. The van der Waals surface area contributed by atoms with E-state index in [1.807, 2.05) is 17.0 Å². The number of oxime groups is 1. The van der Waals surface area contributed by atoms with Crippen LogP contribution in [0.5, 0.6) is 0 Å². The Hall–Kier alpha value is -1.07. The molecular formula is C15H19ClN2O2S. The second-order valence-electron chi connectivity index (χ2n) is 5.93. The van der Waals surface area contributed by atoms with E-state index in [4.69, 9.17) is 16.4 Å². The minimum atomic E-state index is -0.472. The van der Waals surface area contributed by atoms with Gasteiger partial charge in [-0.3, -0.25) is 4.79 Å². The fraction of sp³-hybridized carbons (Fsp3) is 0.600. The van der Waals surface area contributed by atoms with Gasteiger partial charge in [-0.25, -0.2) is 0 Å². The van der Waals surface area contributed by atoms with E-state index in [0.29, 0.717) is 18.4 Å². The highest BCUT2D eigenvalue weighted by Crippen LogP contribution is 2.29. The molecule has 0 aromatic carbocycles. The van der Waals surface area contributed by atoms with E-state index >= 15 is 0 Å². The molecule has 2 atom stereocenters. The van der Waals surface area contributed by atoms with Gasteiger partial charge in [0.15, 0.2) is 0 Å². The van der Waals surface area contributed by atoms with Crippen LogP contribution in [0.25, 0.3) is 0 Å². The van der Waals surface area contributed by atoms with Crippen LogP contribution in [-0.2, 0) is 9.63 Å². The van der Waals surface area contributed by atoms with Gasteiger partial charge in [0, 0.05) is 19.0 Å². The largest absolute Gasteiger partial charge is 0.382 e. The topological polar surface area (TPSA) is 41.9 Å². The summed E-state index contributed by atoms with van der Waals surface area (Å²) in [6.45, 7) is 5.17. The van der Waals surface area contributed by atoms with Gasteiger partial charge in [0.05, 0.1) is 9.21 Å². The van der Waals surface area contributed by atoms with Gasteiger partial charge in [0.1, 0.15) is 5.71 Å². The van der Waals surface area contributed by atoms with Crippen LogP contribution in [0.4, 0.5) is 0 Å². The van der Waals surface area contributed by atoms with Crippen LogP contribution >= 0.6 is 22.9 Å². The summed E-state index contributed by atoms with van der Waals surface area (Å²) < 4.78 is 0.724. The highest BCUT2D eigenvalue weighted by molar-refractivity contribution is 7.18. The van der Waals surface area contributed by atoms with E-state index in [1.54, 1.807) is 0 Å². The number of carbonyl (C=O) groups is 1. The Kier molecular flexibility index (Phi) is 4.22. The summed E-state index contributed by atoms with van der Waals surface area (Å²) in [5, 5.41) is 4.08. The lowest BCUT2D eigenvalue weighted by atomic mass is 10.0. The molecule has 3 heterocycles. The number of halogens is 1. The fourth-order valence-electron chi connectivity index (χ4n) is 3.07. The third kappa shape index (κ3) is 2.94. The molecule has 1 saturated heterocycles. The number of likely N-dealkylation sites (tertiary alicyclic amines) is 1. The maximum absolute atomic E-state index is 12.6. The lowest BCUT2D eigenvalue weighted by molar-refractivity contribution is -0.143. The van der Waals surface area contributed by atoms with E-state index < -0.39 is 6.10 Å². The normalized spacial score (nSPS) is 25.3. The van der Waals surface area contributed by atoms with Crippen LogP contribution in [0.1, 0.15) is 38.0 Å².